The second kappa shape index (κ2) is 4.35. The van der Waals surface area contributed by atoms with E-state index < -0.39 is 5.60 Å². The molecule has 5 heteroatoms. The van der Waals surface area contributed by atoms with Gasteiger partial charge in [0, 0.05) is 6.54 Å². The molecule has 0 saturated carbocycles. The van der Waals surface area contributed by atoms with Gasteiger partial charge in [-0.3, -0.25) is 0 Å². The lowest BCUT2D eigenvalue weighted by atomic mass is 10.1. The molecule has 0 aromatic rings. The number of hydrogen-bond acceptors (Lipinski definition) is 3. The first-order valence-corrected chi connectivity index (χ1v) is 5.51. The van der Waals surface area contributed by atoms with Gasteiger partial charge in [0.2, 0.25) is 0 Å². The zero-order valence-corrected chi connectivity index (χ0v) is 10.3. The van der Waals surface area contributed by atoms with E-state index >= 15 is 0 Å². The molecule has 1 rings (SSSR count). The summed E-state index contributed by atoms with van der Waals surface area (Å²) in [4.78, 5) is 13.5. The molecule has 0 aromatic carbocycles. The Kier molecular flexibility index (Phi) is 3.54. The standard InChI is InChI=1S/C10H18N2O2S/c1-10(2,3)14-8(13)7-5-4-6-12(7)9(11)15/h7H,4-6H2,1-3H3,(H2,11,15)/t7-/m0/s1. The number of thiocarbonyl (C=S) groups is 1. The Labute approximate surface area is 95.8 Å². The minimum Gasteiger partial charge on any atom is -0.458 e. The minimum absolute atomic E-state index is 0.229. The van der Waals surface area contributed by atoms with Crippen LogP contribution in [0.2, 0.25) is 0 Å². The van der Waals surface area contributed by atoms with Gasteiger partial charge in [-0.25, -0.2) is 4.79 Å². The topological polar surface area (TPSA) is 55.6 Å². The molecule has 1 saturated heterocycles. The summed E-state index contributed by atoms with van der Waals surface area (Å²) in [5.41, 5.74) is 5.08. The van der Waals surface area contributed by atoms with Crippen LogP contribution in [0.4, 0.5) is 0 Å². The predicted molar refractivity (Wildman–Crippen MR) is 62.4 cm³/mol. The molecule has 15 heavy (non-hydrogen) atoms. The van der Waals surface area contributed by atoms with Crippen LogP contribution in [0.1, 0.15) is 33.6 Å². The average Bonchev–Trinajstić information content (AvgIpc) is 2.47. The quantitative estimate of drug-likeness (QED) is 0.539. The fourth-order valence-electron chi connectivity index (χ4n) is 1.65. The number of hydrogen-bond donors (Lipinski definition) is 1. The van der Waals surface area contributed by atoms with Crippen molar-refractivity contribution in [2.75, 3.05) is 6.54 Å². The maximum atomic E-state index is 11.8. The monoisotopic (exact) mass is 230 g/mol. The lowest BCUT2D eigenvalue weighted by Crippen LogP contribution is -2.45. The van der Waals surface area contributed by atoms with Crippen molar-refractivity contribution in [3.63, 3.8) is 0 Å². The molecule has 4 nitrogen and oxygen atoms in total. The smallest absolute Gasteiger partial charge is 0.329 e. The number of likely N-dealkylation sites (tertiary alicyclic amines) is 1. The Morgan fingerprint density at radius 1 is 1.53 bits per heavy atom. The molecule has 0 spiro atoms. The zero-order chi connectivity index (χ0) is 11.6. The highest BCUT2D eigenvalue weighted by atomic mass is 32.1. The van der Waals surface area contributed by atoms with Gasteiger partial charge in [0.1, 0.15) is 11.6 Å². The van der Waals surface area contributed by atoms with Crippen molar-refractivity contribution in [1.29, 1.82) is 0 Å². The van der Waals surface area contributed by atoms with Gasteiger partial charge in [-0.05, 0) is 45.8 Å². The summed E-state index contributed by atoms with van der Waals surface area (Å²) in [6, 6.07) is -0.290. The van der Waals surface area contributed by atoms with Gasteiger partial charge in [0.05, 0.1) is 0 Å². The number of carbonyl (C=O) groups is 1. The van der Waals surface area contributed by atoms with Gasteiger partial charge in [-0.2, -0.15) is 0 Å². The first-order chi connectivity index (χ1) is 6.81. The van der Waals surface area contributed by atoms with Crippen LogP contribution in [0.15, 0.2) is 0 Å². The number of rotatable bonds is 1. The molecule has 0 bridgehead atoms. The van der Waals surface area contributed by atoms with E-state index in [1.54, 1.807) is 4.90 Å². The second-order valence-electron chi connectivity index (χ2n) is 4.72. The lowest BCUT2D eigenvalue weighted by Gasteiger charge is -2.27. The third kappa shape index (κ3) is 3.34. The molecular formula is C10H18N2O2S. The molecule has 0 aromatic heterocycles. The molecule has 0 amide bonds. The van der Waals surface area contributed by atoms with Gasteiger partial charge in [0.25, 0.3) is 0 Å². The summed E-state index contributed by atoms with van der Waals surface area (Å²) < 4.78 is 5.31. The Balaban J connectivity index is 2.63. The van der Waals surface area contributed by atoms with Gasteiger partial charge in [-0.1, -0.05) is 0 Å². The normalized spacial score (nSPS) is 21.5. The molecule has 1 fully saturated rings. The minimum atomic E-state index is -0.457. The van der Waals surface area contributed by atoms with Crippen molar-refractivity contribution in [2.45, 2.75) is 45.3 Å². The van der Waals surface area contributed by atoms with Gasteiger partial charge in [-0.15, -0.1) is 0 Å². The molecule has 0 radical (unpaired) electrons. The zero-order valence-electron chi connectivity index (χ0n) is 9.45. The first kappa shape index (κ1) is 12.2. The van der Waals surface area contributed by atoms with E-state index in [0.29, 0.717) is 0 Å². The van der Waals surface area contributed by atoms with Crippen LogP contribution in [0, 0.1) is 0 Å². The molecule has 1 atom stereocenters. The van der Waals surface area contributed by atoms with E-state index in [-0.39, 0.29) is 17.1 Å². The Morgan fingerprint density at radius 2 is 2.13 bits per heavy atom. The third-order valence-corrected chi connectivity index (χ3v) is 2.45. The van der Waals surface area contributed by atoms with Crippen LogP contribution in [0.3, 0.4) is 0 Å². The molecule has 1 heterocycles. The van der Waals surface area contributed by atoms with E-state index in [4.69, 9.17) is 22.7 Å². The molecule has 2 N–H and O–H groups in total. The van der Waals surface area contributed by atoms with E-state index in [0.717, 1.165) is 19.4 Å². The number of nitrogens with zero attached hydrogens (tertiary/aromatic N) is 1. The number of ether oxygens (including phenoxy) is 1. The summed E-state index contributed by atoms with van der Waals surface area (Å²) in [6.45, 7) is 6.31. The first-order valence-electron chi connectivity index (χ1n) is 5.10. The number of carbonyl (C=O) groups excluding carboxylic acids is 1. The van der Waals surface area contributed by atoms with Crippen LogP contribution in [-0.2, 0) is 9.53 Å². The van der Waals surface area contributed by atoms with Crippen molar-refractivity contribution in [3.05, 3.63) is 0 Å². The largest absolute Gasteiger partial charge is 0.458 e. The fraction of sp³-hybridized carbons (Fsp3) is 0.800. The SMILES string of the molecule is CC(C)(C)OC(=O)[C@@H]1CCCN1C(N)=S. The van der Waals surface area contributed by atoms with Crippen LogP contribution >= 0.6 is 12.2 Å². The highest BCUT2D eigenvalue weighted by molar-refractivity contribution is 7.80. The summed E-state index contributed by atoms with van der Waals surface area (Å²) in [6.07, 6.45) is 1.70. The van der Waals surface area contributed by atoms with Crippen LogP contribution in [-0.4, -0.2) is 34.2 Å². The predicted octanol–water partition coefficient (Wildman–Crippen LogP) is 1.04. The molecule has 1 aliphatic heterocycles. The van der Waals surface area contributed by atoms with E-state index in [1.165, 1.54) is 0 Å². The summed E-state index contributed by atoms with van der Waals surface area (Å²) in [5, 5.41) is 0.281. The maximum absolute atomic E-state index is 11.8. The maximum Gasteiger partial charge on any atom is 0.329 e. The van der Waals surface area contributed by atoms with E-state index in [2.05, 4.69) is 0 Å². The molecule has 0 aliphatic carbocycles. The highest BCUT2D eigenvalue weighted by Crippen LogP contribution is 2.20. The van der Waals surface area contributed by atoms with Crippen molar-refractivity contribution < 1.29 is 9.53 Å². The Hall–Kier alpha value is -0.840. The fourth-order valence-corrected chi connectivity index (χ4v) is 1.86. The van der Waals surface area contributed by atoms with Crippen LogP contribution in [0.25, 0.3) is 0 Å². The highest BCUT2D eigenvalue weighted by Gasteiger charge is 2.34. The summed E-state index contributed by atoms with van der Waals surface area (Å²) in [7, 11) is 0. The summed E-state index contributed by atoms with van der Waals surface area (Å²) >= 11 is 4.89. The van der Waals surface area contributed by atoms with Crippen molar-refractivity contribution in [3.8, 4) is 0 Å². The third-order valence-electron chi connectivity index (χ3n) is 2.21. The van der Waals surface area contributed by atoms with Crippen LogP contribution < -0.4 is 5.73 Å². The summed E-state index contributed by atoms with van der Waals surface area (Å²) in [5.74, 6) is -0.229. The second-order valence-corrected chi connectivity index (χ2v) is 5.14. The molecule has 0 unspecified atom stereocenters. The average molecular weight is 230 g/mol. The number of esters is 1. The van der Waals surface area contributed by atoms with E-state index in [9.17, 15) is 4.79 Å². The number of nitrogens with two attached hydrogens (primary N) is 1. The lowest BCUT2D eigenvalue weighted by molar-refractivity contribution is -0.159. The van der Waals surface area contributed by atoms with Gasteiger partial charge >= 0.3 is 5.97 Å². The van der Waals surface area contributed by atoms with E-state index in [1.807, 2.05) is 20.8 Å². The molecule has 1 aliphatic rings. The van der Waals surface area contributed by atoms with Crippen molar-refractivity contribution in [2.24, 2.45) is 5.73 Å². The Morgan fingerprint density at radius 3 is 2.60 bits per heavy atom. The van der Waals surface area contributed by atoms with Crippen LogP contribution in [0.5, 0.6) is 0 Å². The van der Waals surface area contributed by atoms with Gasteiger partial charge in [0.15, 0.2) is 5.11 Å². The molecule has 86 valence electrons. The van der Waals surface area contributed by atoms with Gasteiger partial charge < -0.3 is 15.4 Å². The van der Waals surface area contributed by atoms with Crippen molar-refractivity contribution >= 4 is 23.3 Å². The molecular weight excluding hydrogens is 212 g/mol. The Bertz CT molecular complexity index is 273. The van der Waals surface area contributed by atoms with Crippen molar-refractivity contribution in [1.82, 2.24) is 4.90 Å².